The zero-order valence-electron chi connectivity index (χ0n) is 20.3. The van der Waals surface area contributed by atoms with Crippen LogP contribution in [0.2, 0.25) is 0 Å². The smallest absolute Gasteiger partial charge is 0.116 e. The lowest BCUT2D eigenvalue weighted by Crippen LogP contribution is -2.35. The molecule has 3 nitrogen and oxygen atoms in total. The molecule has 168 valence electrons. The molecule has 0 spiro atoms. The molecule has 32 heavy (non-hydrogen) atoms. The highest BCUT2D eigenvalue weighted by atomic mass is 15.3. The van der Waals surface area contributed by atoms with Crippen molar-refractivity contribution in [3.05, 3.63) is 101 Å². The number of nitrogens with one attached hydrogen (secondary N) is 1. The summed E-state index contributed by atoms with van der Waals surface area (Å²) in [6.07, 6.45) is 12.7. The van der Waals surface area contributed by atoms with Crippen LogP contribution in [0.15, 0.2) is 95.0 Å². The molecule has 3 rings (SSSR count). The number of allylic oxidation sites excluding steroid dienone is 7. The number of rotatable bonds is 7. The number of aryl methyl sites for hydroxylation is 1. The van der Waals surface area contributed by atoms with Crippen LogP contribution in [0.5, 0.6) is 0 Å². The van der Waals surface area contributed by atoms with Gasteiger partial charge in [0, 0.05) is 5.70 Å². The Labute approximate surface area is 194 Å². The lowest BCUT2D eigenvalue weighted by molar-refractivity contribution is 0.418. The van der Waals surface area contributed by atoms with Gasteiger partial charge in [-0.25, -0.2) is 0 Å². The molecule has 0 amide bonds. The highest BCUT2D eigenvalue weighted by Crippen LogP contribution is 2.39. The third-order valence-corrected chi connectivity index (χ3v) is 5.96. The van der Waals surface area contributed by atoms with Crippen molar-refractivity contribution >= 4 is 11.5 Å². The molecule has 1 aromatic rings. The number of amidine groups is 1. The van der Waals surface area contributed by atoms with E-state index < -0.39 is 0 Å². The maximum Gasteiger partial charge on any atom is 0.116 e. The third kappa shape index (κ3) is 5.59. The van der Waals surface area contributed by atoms with Gasteiger partial charge in [-0.05, 0) is 89.2 Å². The molecule has 1 saturated carbocycles. The number of benzene rings is 1. The molecule has 2 aliphatic rings. The standard InChI is InChI=1S/C29H37N3/c1-8-10-28(31-24(7)30-26-11-9-12-26)32-27(18-13-20(2)3)22(5)19-23(6)29(32)25-16-14-21(4)15-17-25/h8,10,13-18,26H,1-2,9,11-12,19H2,3-7H3,(H,30,31)/b18-13-,28-10+. The second kappa shape index (κ2) is 10.5. The van der Waals surface area contributed by atoms with Gasteiger partial charge < -0.3 is 5.32 Å². The maximum atomic E-state index is 4.89. The van der Waals surface area contributed by atoms with Crippen LogP contribution in [0.1, 0.15) is 64.5 Å². The molecule has 1 N–H and O–H groups in total. The molecule has 1 heterocycles. The fraction of sp³-hybridized carbons (Fsp3) is 0.345. The van der Waals surface area contributed by atoms with Crippen LogP contribution in [0.3, 0.4) is 0 Å². The predicted octanol–water partition coefficient (Wildman–Crippen LogP) is 7.43. The first-order valence-electron chi connectivity index (χ1n) is 11.5. The molecule has 1 aliphatic heterocycles. The lowest BCUT2D eigenvalue weighted by Gasteiger charge is -2.37. The zero-order chi connectivity index (χ0) is 23.3. The lowest BCUT2D eigenvalue weighted by atomic mass is 9.93. The van der Waals surface area contributed by atoms with Crippen molar-refractivity contribution in [2.24, 2.45) is 4.99 Å². The van der Waals surface area contributed by atoms with Gasteiger partial charge >= 0.3 is 0 Å². The van der Waals surface area contributed by atoms with Crippen LogP contribution in [0.4, 0.5) is 0 Å². The Morgan fingerprint density at radius 1 is 1.09 bits per heavy atom. The fourth-order valence-corrected chi connectivity index (χ4v) is 4.14. The van der Waals surface area contributed by atoms with Gasteiger partial charge in [-0.2, -0.15) is 0 Å². The molecule has 3 heteroatoms. The second-order valence-corrected chi connectivity index (χ2v) is 9.06. The largest absolute Gasteiger partial charge is 0.330 e. The minimum Gasteiger partial charge on any atom is -0.330 e. The maximum absolute atomic E-state index is 4.89. The van der Waals surface area contributed by atoms with Crippen molar-refractivity contribution in [1.82, 2.24) is 10.2 Å². The first-order chi connectivity index (χ1) is 15.3. The minimum atomic E-state index is 0.447. The second-order valence-electron chi connectivity index (χ2n) is 9.06. The van der Waals surface area contributed by atoms with E-state index in [0.29, 0.717) is 6.04 Å². The monoisotopic (exact) mass is 427 g/mol. The van der Waals surface area contributed by atoms with E-state index in [9.17, 15) is 0 Å². The van der Waals surface area contributed by atoms with Crippen molar-refractivity contribution in [2.45, 2.75) is 66.3 Å². The average molecular weight is 428 g/mol. The molecule has 0 aromatic heterocycles. The number of hydrogen-bond donors (Lipinski definition) is 1. The normalized spacial score (nSPS) is 18.3. The topological polar surface area (TPSA) is 27.6 Å². The quantitative estimate of drug-likeness (QED) is 0.278. The van der Waals surface area contributed by atoms with E-state index in [0.717, 1.165) is 29.3 Å². The van der Waals surface area contributed by atoms with Crippen molar-refractivity contribution < 1.29 is 0 Å². The predicted molar refractivity (Wildman–Crippen MR) is 139 cm³/mol. The summed E-state index contributed by atoms with van der Waals surface area (Å²) in [4.78, 5) is 7.20. The first-order valence-corrected chi connectivity index (χ1v) is 11.5. The summed E-state index contributed by atoms with van der Waals surface area (Å²) in [5.74, 6) is 1.89. The Hall–Kier alpha value is -3.07. The molecule has 1 aliphatic carbocycles. The van der Waals surface area contributed by atoms with Gasteiger partial charge in [0.05, 0.1) is 17.6 Å². The van der Waals surface area contributed by atoms with Gasteiger partial charge in [0.15, 0.2) is 0 Å². The van der Waals surface area contributed by atoms with Crippen LogP contribution < -0.4 is 5.32 Å². The average Bonchev–Trinajstić information content (AvgIpc) is 2.70. The molecule has 0 atom stereocenters. The molecule has 1 aromatic carbocycles. The summed E-state index contributed by atoms with van der Waals surface area (Å²) >= 11 is 0. The van der Waals surface area contributed by atoms with E-state index in [-0.39, 0.29) is 0 Å². The fourth-order valence-electron chi connectivity index (χ4n) is 4.14. The summed E-state index contributed by atoms with van der Waals surface area (Å²) < 4.78 is 0. The number of nitrogens with zero attached hydrogens (tertiary/aromatic N) is 2. The molecular formula is C29H37N3. The zero-order valence-corrected chi connectivity index (χ0v) is 20.3. The Morgan fingerprint density at radius 2 is 1.78 bits per heavy atom. The Bertz CT molecular complexity index is 1020. The van der Waals surface area contributed by atoms with Crippen LogP contribution in [-0.4, -0.2) is 16.8 Å². The summed E-state index contributed by atoms with van der Waals surface area (Å²) in [5, 5.41) is 3.60. The highest BCUT2D eigenvalue weighted by molar-refractivity contribution is 5.83. The van der Waals surface area contributed by atoms with Crippen molar-refractivity contribution in [1.29, 1.82) is 0 Å². The Kier molecular flexibility index (Phi) is 7.74. The van der Waals surface area contributed by atoms with Crippen molar-refractivity contribution in [3.63, 3.8) is 0 Å². The van der Waals surface area contributed by atoms with Gasteiger partial charge in [0.2, 0.25) is 0 Å². The summed E-state index contributed by atoms with van der Waals surface area (Å²) in [6, 6.07) is 9.22. The van der Waals surface area contributed by atoms with E-state index in [4.69, 9.17) is 4.99 Å². The SMILES string of the molecule is C=C/C=C(\NC(C)=NC1CCC1)N1C(/C=C\C(=C)C)=C(C)CC(C)=C1c1ccc(C)cc1. The summed E-state index contributed by atoms with van der Waals surface area (Å²) in [5.41, 5.74) is 8.50. The van der Waals surface area contributed by atoms with Crippen LogP contribution in [-0.2, 0) is 0 Å². The van der Waals surface area contributed by atoms with E-state index in [2.05, 4.69) is 87.5 Å². The first kappa shape index (κ1) is 23.6. The Morgan fingerprint density at radius 3 is 2.34 bits per heavy atom. The van der Waals surface area contributed by atoms with E-state index in [1.165, 1.54) is 47.2 Å². The molecule has 0 unspecified atom stereocenters. The molecule has 1 fully saturated rings. The molecular weight excluding hydrogens is 390 g/mol. The summed E-state index contributed by atoms with van der Waals surface area (Å²) in [7, 11) is 0. The highest BCUT2D eigenvalue weighted by Gasteiger charge is 2.27. The van der Waals surface area contributed by atoms with Crippen LogP contribution >= 0.6 is 0 Å². The van der Waals surface area contributed by atoms with E-state index in [1.807, 2.05) is 19.1 Å². The molecule has 0 saturated heterocycles. The summed E-state index contributed by atoms with van der Waals surface area (Å²) in [6.45, 7) is 18.7. The van der Waals surface area contributed by atoms with E-state index in [1.54, 1.807) is 0 Å². The van der Waals surface area contributed by atoms with Crippen LogP contribution in [0, 0.1) is 6.92 Å². The van der Waals surface area contributed by atoms with E-state index >= 15 is 0 Å². The van der Waals surface area contributed by atoms with Crippen molar-refractivity contribution in [2.75, 3.05) is 0 Å². The third-order valence-electron chi connectivity index (χ3n) is 5.96. The molecule has 0 radical (unpaired) electrons. The van der Waals surface area contributed by atoms with Crippen molar-refractivity contribution in [3.8, 4) is 0 Å². The molecule has 0 bridgehead atoms. The van der Waals surface area contributed by atoms with Gasteiger partial charge in [0.25, 0.3) is 0 Å². The van der Waals surface area contributed by atoms with Gasteiger partial charge in [-0.1, -0.05) is 60.7 Å². The van der Waals surface area contributed by atoms with Gasteiger partial charge in [-0.15, -0.1) is 0 Å². The number of hydrogen-bond acceptors (Lipinski definition) is 2. The van der Waals surface area contributed by atoms with Gasteiger partial charge in [0.1, 0.15) is 5.82 Å². The Balaban J connectivity index is 2.12. The van der Waals surface area contributed by atoms with Gasteiger partial charge in [-0.3, -0.25) is 9.89 Å². The van der Waals surface area contributed by atoms with Crippen LogP contribution in [0.25, 0.3) is 5.70 Å². The minimum absolute atomic E-state index is 0.447. The number of aliphatic imine (C=N–C) groups is 1.